The van der Waals surface area contributed by atoms with E-state index in [1.165, 1.54) is 0 Å². The van der Waals surface area contributed by atoms with Crippen LogP contribution in [0.1, 0.15) is 17.6 Å². The van der Waals surface area contributed by atoms with Crippen LogP contribution >= 0.6 is 22.6 Å². The van der Waals surface area contributed by atoms with E-state index in [2.05, 4.69) is 9.72 Å². The van der Waals surface area contributed by atoms with Gasteiger partial charge in [-0.05, 0) is 28.2 Å². The van der Waals surface area contributed by atoms with Crippen LogP contribution in [0.25, 0.3) is 0 Å². The fourth-order valence-corrected chi connectivity index (χ4v) is 2.05. The molecule has 0 saturated carbocycles. The number of carbonyl (C=O) groups is 1. The van der Waals surface area contributed by atoms with Crippen molar-refractivity contribution in [1.82, 2.24) is 4.98 Å². The van der Waals surface area contributed by atoms with E-state index in [0.717, 1.165) is 13.2 Å². The largest absolute Gasteiger partial charge is 0.469 e. The van der Waals surface area contributed by atoms with Gasteiger partial charge in [0.1, 0.15) is 0 Å². The lowest BCUT2D eigenvalue weighted by molar-refractivity contribution is -0.139. The molecule has 0 atom stereocenters. The van der Waals surface area contributed by atoms with Crippen LogP contribution < -0.4 is 5.56 Å². The van der Waals surface area contributed by atoms with Crippen LogP contribution in [0.2, 0.25) is 0 Å². The van der Waals surface area contributed by atoms with Gasteiger partial charge in [0.25, 0.3) is 6.43 Å². The van der Waals surface area contributed by atoms with Crippen molar-refractivity contribution in [1.29, 1.82) is 0 Å². The predicted molar refractivity (Wildman–Crippen MR) is 60.5 cm³/mol. The number of nitrogens with one attached hydrogen (secondary N) is 1. The smallest absolute Gasteiger partial charge is 0.309 e. The average Bonchev–Trinajstić information content (AvgIpc) is 2.15. The molecule has 4 nitrogen and oxygen atoms in total. The Labute approximate surface area is 103 Å². The fraction of sp³-hybridized carbons (Fsp3) is 0.333. The molecule has 1 heterocycles. The quantitative estimate of drug-likeness (QED) is 0.516. The lowest BCUT2D eigenvalue weighted by Gasteiger charge is -2.09. The number of ether oxygens (including phenoxy) is 1. The van der Waals surface area contributed by atoms with Crippen molar-refractivity contribution in [3.05, 3.63) is 31.2 Å². The van der Waals surface area contributed by atoms with Crippen LogP contribution in [0, 0.1) is 3.70 Å². The summed E-state index contributed by atoms with van der Waals surface area (Å²) in [4.78, 5) is 24.3. The van der Waals surface area contributed by atoms with E-state index in [0.29, 0.717) is 0 Å². The Morgan fingerprint density at radius 3 is 2.75 bits per heavy atom. The first-order valence-corrected chi connectivity index (χ1v) is 5.30. The lowest BCUT2D eigenvalue weighted by atomic mass is 10.1. The average molecular weight is 343 g/mol. The zero-order valence-electron chi connectivity index (χ0n) is 8.22. The normalized spacial score (nSPS) is 10.6. The van der Waals surface area contributed by atoms with Gasteiger partial charge in [0, 0.05) is 6.07 Å². The highest BCUT2D eigenvalue weighted by Crippen LogP contribution is 2.26. The summed E-state index contributed by atoms with van der Waals surface area (Å²) in [6, 6.07) is 0.987. The summed E-state index contributed by atoms with van der Waals surface area (Å²) in [7, 11) is 1.16. The Kier molecular flexibility index (Phi) is 4.39. The molecule has 0 aliphatic carbocycles. The summed E-state index contributed by atoms with van der Waals surface area (Å²) in [6.45, 7) is 0. The fourth-order valence-electron chi connectivity index (χ4n) is 1.20. The Morgan fingerprint density at radius 2 is 2.25 bits per heavy atom. The molecule has 0 unspecified atom stereocenters. The Bertz CT molecular complexity index is 459. The molecule has 1 rings (SSSR count). The van der Waals surface area contributed by atoms with Crippen molar-refractivity contribution in [2.45, 2.75) is 12.8 Å². The number of H-pyrrole nitrogens is 1. The van der Waals surface area contributed by atoms with Gasteiger partial charge in [0.15, 0.2) is 0 Å². The number of alkyl halides is 2. The van der Waals surface area contributed by atoms with Crippen molar-refractivity contribution in [3.8, 4) is 0 Å². The summed E-state index contributed by atoms with van der Waals surface area (Å²) < 4.78 is 29.8. The third-order valence-corrected chi connectivity index (χ3v) is 2.75. The topological polar surface area (TPSA) is 59.2 Å². The maximum Gasteiger partial charge on any atom is 0.309 e. The van der Waals surface area contributed by atoms with Crippen LogP contribution in [0.3, 0.4) is 0 Å². The standard InChI is InChI=1S/C9H8F2INO3/c1-16-6(15)3-4-2-5(14)13-9(12)7(4)8(10)11/h2,8H,3H2,1H3,(H,13,14). The molecule has 0 saturated heterocycles. The minimum absolute atomic E-state index is 0.00463. The monoisotopic (exact) mass is 343 g/mol. The number of aromatic nitrogens is 1. The van der Waals surface area contributed by atoms with Crippen LogP contribution in [0.5, 0.6) is 0 Å². The van der Waals surface area contributed by atoms with E-state index in [-0.39, 0.29) is 21.2 Å². The van der Waals surface area contributed by atoms with Crippen LogP contribution in [-0.4, -0.2) is 18.1 Å². The van der Waals surface area contributed by atoms with E-state index >= 15 is 0 Å². The second-order valence-corrected chi connectivity index (χ2v) is 4.02. The highest BCUT2D eigenvalue weighted by Gasteiger charge is 2.20. The molecule has 1 aromatic rings. The lowest BCUT2D eigenvalue weighted by Crippen LogP contribution is -2.16. The van der Waals surface area contributed by atoms with Crippen molar-refractivity contribution >= 4 is 28.6 Å². The molecule has 0 radical (unpaired) electrons. The number of carbonyl (C=O) groups excluding carboxylic acids is 1. The number of aromatic amines is 1. The van der Waals surface area contributed by atoms with Crippen molar-refractivity contribution in [2.24, 2.45) is 0 Å². The third-order valence-electron chi connectivity index (χ3n) is 1.90. The number of hydrogen-bond donors (Lipinski definition) is 1. The molecule has 88 valence electrons. The molecule has 0 aliphatic heterocycles. The van der Waals surface area contributed by atoms with Crippen LogP contribution in [0.4, 0.5) is 8.78 Å². The molecule has 7 heteroatoms. The first kappa shape index (κ1) is 13.1. The highest BCUT2D eigenvalue weighted by atomic mass is 127. The molecule has 0 aliphatic rings. The summed E-state index contributed by atoms with van der Waals surface area (Å²) >= 11 is 1.60. The number of esters is 1. The zero-order chi connectivity index (χ0) is 12.3. The predicted octanol–water partition coefficient (Wildman–Crippen LogP) is 1.63. The molecular formula is C9H8F2INO3. The minimum Gasteiger partial charge on any atom is -0.469 e. The van der Waals surface area contributed by atoms with Gasteiger partial charge < -0.3 is 9.72 Å². The minimum atomic E-state index is -2.75. The molecule has 0 bridgehead atoms. The maximum absolute atomic E-state index is 12.7. The van der Waals surface area contributed by atoms with Crippen molar-refractivity contribution in [2.75, 3.05) is 7.11 Å². The van der Waals surface area contributed by atoms with Gasteiger partial charge in [-0.15, -0.1) is 0 Å². The van der Waals surface area contributed by atoms with E-state index in [1.54, 1.807) is 22.6 Å². The van der Waals surface area contributed by atoms with Crippen molar-refractivity contribution in [3.63, 3.8) is 0 Å². The van der Waals surface area contributed by atoms with Gasteiger partial charge >= 0.3 is 5.97 Å². The molecule has 1 N–H and O–H groups in total. The summed E-state index contributed by atoms with van der Waals surface area (Å²) in [5.41, 5.74) is -0.853. The van der Waals surface area contributed by atoms with E-state index < -0.39 is 18.0 Å². The van der Waals surface area contributed by atoms with Gasteiger partial charge in [-0.25, -0.2) is 8.78 Å². The Morgan fingerprint density at radius 1 is 1.62 bits per heavy atom. The van der Waals surface area contributed by atoms with Gasteiger partial charge in [-0.2, -0.15) is 0 Å². The molecule has 1 aromatic heterocycles. The highest BCUT2D eigenvalue weighted by molar-refractivity contribution is 14.1. The molecule has 0 fully saturated rings. The first-order chi connectivity index (χ1) is 7.45. The van der Waals surface area contributed by atoms with Gasteiger partial charge in [-0.1, -0.05) is 0 Å². The van der Waals surface area contributed by atoms with Gasteiger partial charge in [-0.3, -0.25) is 9.59 Å². The van der Waals surface area contributed by atoms with E-state index in [4.69, 9.17) is 0 Å². The first-order valence-electron chi connectivity index (χ1n) is 4.22. The van der Waals surface area contributed by atoms with Crippen LogP contribution in [-0.2, 0) is 16.0 Å². The second kappa shape index (κ2) is 5.37. The number of hydrogen-bond acceptors (Lipinski definition) is 3. The summed E-state index contributed by atoms with van der Waals surface area (Å²) in [6.07, 6.45) is -3.08. The summed E-state index contributed by atoms with van der Waals surface area (Å²) in [5.74, 6) is -0.664. The molecule has 0 aromatic carbocycles. The summed E-state index contributed by atoms with van der Waals surface area (Å²) in [5, 5.41) is 0. The molecular weight excluding hydrogens is 335 g/mol. The van der Waals surface area contributed by atoms with Crippen LogP contribution in [0.15, 0.2) is 10.9 Å². The number of halogens is 3. The Balaban J connectivity index is 3.24. The SMILES string of the molecule is COC(=O)Cc1cc(=O)[nH]c(I)c1C(F)F. The molecule has 16 heavy (non-hydrogen) atoms. The second-order valence-electron chi connectivity index (χ2n) is 2.94. The van der Waals surface area contributed by atoms with E-state index in [1.807, 2.05) is 0 Å². The number of pyridine rings is 1. The van der Waals surface area contributed by atoms with Gasteiger partial charge in [0.05, 0.1) is 22.8 Å². The maximum atomic E-state index is 12.7. The van der Waals surface area contributed by atoms with Crippen molar-refractivity contribution < 1.29 is 18.3 Å². The zero-order valence-corrected chi connectivity index (χ0v) is 10.4. The molecule has 0 spiro atoms. The third kappa shape index (κ3) is 3.00. The number of methoxy groups -OCH3 is 1. The Hall–Kier alpha value is -0.990. The number of rotatable bonds is 3. The van der Waals surface area contributed by atoms with Gasteiger partial charge in [0.2, 0.25) is 5.56 Å². The molecule has 0 amide bonds. The van der Waals surface area contributed by atoms with E-state index in [9.17, 15) is 18.4 Å².